The van der Waals surface area contributed by atoms with Gasteiger partial charge in [0.15, 0.2) is 0 Å². The number of piperazine rings is 1. The van der Waals surface area contributed by atoms with Crippen molar-refractivity contribution in [1.82, 2.24) is 24.3 Å². The second-order valence-electron chi connectivity index (χ2n) is 10.2. The molecule has 1 saturated carbocycles. The minimum absolute atomic E-state index is 0. The zero-order valence-electron chi connectivity index (χ0n) is 22.1. The summed E-state index contributed by atoms with van der Waals surface area (Å²) in [7, 11) is 2.22. The Bertz CT molecular complexity index is 1330. The van der Waals surface area contributed by atoms with Crippen molar-refractivity contribution in [3.05, 3.63) is 67.1 Å². The maximum Gasteiger partial charge on any atom is 0.146 e. The number of halogens is 3. The topological polar surface area (TPSA) is 72.4 Å². The second-order valence-corrected chi connectivity index (χ2v) is 10.2. The summed E-state index contributed by atoms with van der Waals surface area (Å²) in [6, 6.07) is 19.1. The zero-order chi connectivity index (χ0) is 24.5. The van der Waals surface area contributed by atoms with E-state index in [0.29, 0.717) is 17.9 Å². The van der Waals surface area contributed by atoms with Crippen molar-refractivity contribution in [2.24, 2.45) is 0 Å². The number of benzene rings is 2. The molecule has 4 aromatic rings. The molecule has 2 aromatic heterocycles. The third-order valence-electron chi connectivity index (χ3n) is 7.85. The summed E-state index contributed by atoms with van der Waals surface area (Å²) < 4.78 is 8.37. The van der Waals surface area contributed by atoms with Gasteiger partial charge in [-0.25, -0.2) is 9.97 Å². The maximum atomic E-state index is 6.42. The number of hydrogen-bond donors (Lipinski definition) is 1. The Balaban J connectivity index is 0.00000140. The van der Waals surface area contributed by atoms with Crippen molar-refractivity contribution < 1.29 is 4.74 Å². The van der Waals surface area contributed by atoms with Crippen LogP contribution in [0.25, 0.3) is 22.2 Å². The predicted molar refractivity (Wildman–Crippen MR) is 166 cm³/mol. The van der Waals surface area contributed by atoms with Crippen LogP contribution in [0.4, 0.5) is 5.82 Å². The van der Waals surface area contributed by atoms with Crippen LogP contribution < -0.4 is 10.5 Å². The number of fused-ring (bicyclic) bond motifs is 1. The molecule has 2 N–H and O–H groups in total. The Morgan fingerprint density at radius 1 is 0.821 bits per heavy atom. The number of para-hydroxylation sites is 1. The number of ether oxygens (including phenoxy) is 1. The number of nitrogen functional groups attached to an aromatic ring is 1. The third-order valence-corrected chi connectivity index (χ3v) is 7.85. The molecule has 10 heteroatoms. The smallest absolute Gasteiger partial charge is 0.146 e. The number of hydrogen-bond acceptors (Lipinski definition) is 6. The first-order chi connectivity index (χ1) is 17.7. The fourth-order valence-electron chi connectivity index (χ4n) is 5.84. The monoisotopic (exact) mass is 590 g/mol. The molecule has 0 spiro atoms. The summed E-state index contributed by atoms with van der Waals surface area (Å²) in [5.74, 6) is 2.16. The summed E-state index contributed by atoms with van der Waals surface area (Å²) in [5.41, 5.74) is 9.53. The van der Waals surface area contributed by atoms with Crippen molar-refractivity contribution in [1.29, 1.82) is 0 Å². The van der Waals surface area contributed by atoms with Gasteiger partial charge in [-0.1, -0.05) is 30.3 Å². The SMILES string of the molecule is CN1CCN([C@H]2CCC[C@@H](n3cc(-c4ccc(Oc5ccccc5)cc4)c4c(N)ncnc43)C2)CC1.Cl.Cl.Cl. The average Bonchev–Trinajstić information content (AvgIpc) is 3.31. The lowest BCUT2D eigenvalue weighted by molar-refractivity contribution is 0.0791. The van der Waals surface area contributed by atoms with Crippen LogP contribution in [0.1, 0.15) is 31.7 Å². The summed E-state index contributed by atoms with van der Waals surface area (Å²) in [6.45, 7) is 4.65. The summed E-state index contributed by atoms with van der Waals surface area (Å²) >= 11 is 0. The fraction of sp³-hybridized carbons (Fsp3) is 0.379. The minimum Gasteiger partial charge on any atom is -0.457 e. The standard InChI is InChI=1S/C29H34N6O.3ClH/c1-33-14-16-34(17-15-33)22-6-5-7-23(18-22)35-19-26(27-28(30)31-20-32-29(27)35)21-10-12-25(13-11-21)36-24-8-3-2-4-9-24;;;/h2-4,8-13,19-20,22-23H,5-7,14-18H2,1H3,(H2,30,31,32);3*1H/t22-,23+;;;/m0.../s1. The van der Waals surface area contributed by atoms with Gasteiger partial charge in [-0.3, -0.25) is 4.90 Å². The van der Waals surface area contributed by atoms with E-state index >= 15 is 0 Å². The van der Waals surface area contributed by atoms with Gasteiger partial charge in [0.05, 0.1) is 5.39 Å². The van der Waals surface area contributed by atoms with E-state index in [1.54, 1.807) is 6.33 Å². The number of aromatic nitrogens is 3. The molecular formula is C29H37Cl3N6O. The Kier molecular flexibility index (Phi) is 10.9. The van der Waals surface area contributed by atoms with Gasteiger partial charge in [0.2, 0.25) is 0 Å². The Labute approximate surface area is 249 Å². The highest BCUT2D eigenvalue weighted by Crippen LogP contribution is 2.39. The maximum absolute atomic E-state index is 6.42. The lowest BCUT2D eigenvalue weighted by atomic mass is 9.89. The van der Waals surface area contributed by atoms with Crippen LogP contribution in [0, 0.1) is 0 Å². The van der Waals surface area contributed by atoms with E-state index in [1.807, 2.05) is 42.5 Å². The summed E-state index contributed by atoms with van der Waals surface area (Å²) in [6.07, 6.45) is 8.69. The largest absolute Gasteiger partial charge is 0.457 e. The molecule has 0 unspecified atom stereocenters. The van der Waals surface area contributed by atoms with E-state index in [4.69, 9.17) is 15.5 Å². The molecule has 3 heterocycles. The molecule has 7 nitrogen and oxygen atoms in total. The van der Waals surface area contributed by atoms with Gasteiger partial charge in [-0.05, 0) is 62.6 Å². The van der Waals surface area contributed by atoms with Gasteiger partial charge in [-0.15, -0.1) is 37.2 Å². The predicted octanol–water partition coefficient (Wildman–Crippen LogP) is 6.47. The highest BCUT2D eigenvalue weighted by molar-refractivity contribution is 6.00. The van der Waals surface area contributed by atoms with E-state index in [1.165, 1.54) is 19.3 Å². The van der Waals surface area contributed by atoms with Crippen molar-refractivity contribution >= 4 is 54.1 Å². The van der Waals surface area contributed by atoms with E-state index in [9.17, 15) is 0 Å². The van der Waals surface area contributed by atoms with Crippen molar-refractivity contribution in [3.63, 3.8) is 0 Å². The van der Waals surface area contributed by atoms with Crippen LogP contribution in [0.2, 0.25) is 0 Å². The Morgan fingerprint density at radius 2 is 1.49 bits per heavy atom. The van der Waals surface area contributed by atoms with Crippen LogP contribution in [-0.2, 0) is 0 Å². The molecule has 1 aliphatic carbocycles. The van der Waals surface area contributed by atoms with Crippen LogP contribution in [0.15, 0.2) is 67.1 Å². The van der Waals surface area contributed by atoms with Crippen LogP contribution in [-0.4, -0.2) is 63.6 Å². The van der Waals surface area contributed by atoms with Crippen LogP contribution >= 0.6 is 37.2 Å². The van der Waals surface area contributed by atoms with Gasteiger partial charge in [0.1, 0.15) is 29.3 Å². The summed E-state index contributed by atoms with van der Waals surface area (Å²) in [5, 5.41) is 0.941. The quantitative estimate of drug-likeness (QED) is 0.287. The normalized spacial score (nSPS) is 19.9. The van der Waals surface area contributed by atoms with Crippen LogP contribution in [0.5, 0.6) is 11.5 Å². The van der Waals surface area contributed by atoms with Gasteiger partial charge in [0.25, 0.3) is 0 Å². The van der Waals surface area contributed by atoms with Crippen LogP contribution in [0.3, 0.4) is 0 Å². The lowest BCUT2D eigenvalue weighted by Crippen LogP contribution is -2.50. The molecule has 0 amide bonds. The minimum atomic E-state index is 0. The lowest BCUT2D eigenvalue weighted by Gasteiger charge is -2.41. The first kappa shape index (κ1) is 31.0. The van der Waals surface area contributed by atoms with Gasteiger partial charge in [0, 0.05) is 50.0 Å². The third kappa shape index (κ3) is 6.61. The van der Waals surface area contributed by atoms with Crippen molar-refractivity contribution in [2.45, 2.75) is 37.8 Å². The first-order valence-corrected chi connectivity index (χ1v) is 13.0. The molecule has 1 saturated heterocycles. The molecule has 39 heavy (non-hydrogen) atoms. The van der Waals surface area contributed by atoms with E-state index in [-0.39, 0.29) is 37.2 Å². The highest BCUT2D eigenvalue weighted by Gasteiger charge is 2.30. The first-order valence-electron chi connectivity index (χ1n) is 13.0. The number of nitrogens with two attached hydrogens (primary N) is 1. The molecule has 1 aliphatic heterocycles. The molecule has 6 rings (SSSR count). The molecule has 2 aromatic carbocycles. The molecule has 0 bridgehead atoms. The molecule has 2 atom stereocenters. The molecular weight excluding hydrogens is 555 g/mol. The van der Waals surface area contributed by atoms with Gasteiger partial charge in [-0.2, -0.15) is 0 Å². The van der Waals surface area contributed by atoms with Crippen molar-refractivity contribution in [2.75, 3.05) is 39.0 Å². The second kappa shape index (κ2) is 13.7. The van der Waals surface area contributed by atoms with Crippen molar-refractivity contribution in [3.8, 4) is 22.6 Å². The Morgan fingerprint density at radius 3 is 2.21 bits per heavy atom. The number of likely N-dealkylation sites (N-methyl/N-ethyl adjacent to an activating group) is 1. The molecule has 210 valence electrons. The summed E-state index contributed by atoms with van der Waals surface area (Å²) in [4.78, 5) is 14.2. The number of rotatable bonds is 5. The number of nitrogens with zero attached hydrogens (tertiary/aromatic N) is 5. The van der Waals surface area contributed by atoms with E-state index in [2.05, 4.69) is 44.7 Å². The highest BCUT2D eigenvalue weighted by atomic mass is 35.5. The van der Waals surface area contributed by atoms with Gasteiger partial charge >= 0.3 is 0 Å². The molecule has 0 radical (unpaired) electrons. The fourth-order valence-corrected chi connectivity index (χ4v) is 5.84. The van der Waals surface area contributed by atoms with E-state index in [0.717, 1.165) is 66.3 Å². The average molecular weight is 592 g/mol. The molecule has 2 aliphatic rings. The molecule has 2 fully saturated rings. The Hall–Kier alpha value is -2.55. The number of anilines is 1. The van der Waals surface area contributed by atoms with Gasteiger partial charge < -0.3 is 19.9 Å². The van der Waals surface area contributed by atoms with E-state index < -0.39 is 0 Å². The zero-order valence-corrected chi connectivity index (χ0v) is 24.6.